The second-order valence-corrected chi connectivity index (χ2v) is 9.59. The summed E-state index contributed by atoms with van der Waals surface area (Å²) in [6, 6.07) is 7.24. The maximum absolute atomic E-state index is 12.2. The van der Waals surface area contributed by atoms with Crippen LogP contribution in [0.4, 0.5) is 0 Å². The van der Waals surface area contributed by atoms with Gasteiger partial charge in [-0.05, 0) is 37.8 Å². The van der Waals surface area contributed by atoms with E-state index < -0.39 is 5.97 Å². The SMILES string of the molecule is CC(C)(C)CC(C)(C)NC(=O)COC(=O)c1csc(-c2cccc(Cl)c2)n1. The van der Waals surface area contributed by atoms with Gasteiger partial charge in [-0.2, -0.15) is 0 Å². The first kappa shape index (κ1) is 21.4. The molecular formula is C20H25ClN2O3S. The van der Waals surface area contributed by atoms with E-state index in [4.69, 9.17) is 16.3 Å². The fourth-order valence-electron chi connectivity index (χ4n) is 3.11. The van der Waals surface area contributed by atoms with Crippen LogP contribution in [0.1, 0.15) is 51.5 Å². The van der Waals surface area contributed by atoms with Crippen molar-refractivity contribution in [3.05, 3.63) is 40.4 Å². The third kappa shape index (κ3) is 6.96. The van der Waals surface area contributed by atoms with E-state index in [1.807, 2.05) is 26.0 Å². The van der Waals surface area contributed by atoms with Crippen molar-refractivity contribution in [1.29, 1.82) is 0 Å². The first-order chi connectivity index (χ1) is 12.5. The van der Waals surface area contributed by atoms with Crippen LogP contribution >= 0.6 is 22.9 Å². The molecule has 0 spiro atoms. The van der Waals surface area contributed by atoms with E-state index >= 15 is 0 Å². The molecule has 2 rings (SSSR count). The lowest BCUT2D eigenvalue weighted by Gasteiger charge is -2.33. The molecule has 7 heteroatoms. The van der Waals surface area contributed by atoms with E-state index in [9.17, 15) is 9.59 Å². The van der Waals surface area contributed by atoms with Gasteiger partial charge in [-0.15, -0.1) is 11.3 Å². The smallest absolute Gasteiger partial charge is 0.358 e. The highest BCUT2D eigenvalue weighted by molar-refractivity contribution is 7.13. The van der Waals surface area contributed by atoms with Crippen LogP contribution < -0.4 is 5.32 Å². The van der Waals surface area contributed by atoms with E-state index in [0.717, 1.165) is 12.0 Å². The Kier molecular flexibility index (Phi) is 6.65. The summed E-state index contributed by atoms with van der Waals surface area (Å²) >= 11 is 7.30. The largest absolute Gasteiger partial charge is 0.451 e. The van der Waals surface area contributed by atoms with Gasteiger partial charge >= 0.3 is 5.97 Å². The van der Waals surface area contributed by atoms with E-state index in [1.54, 1.807) is 17.5 Å². The van der Waals surface area contributed by atoms with Crippen LogP contribution in [0.2, 0.25) is 5.02 Å². The average molecular weight is 409 g/mol. The number of carbonyl (C=O) groups is 2. The Morgan fingerprint density at radius 2 is 1.93 bits per heavy atom. The molecule has 0 aliphatic carbocycles. The van der Waals surface area contributed by atoms with Gasteiger partial charge in [0.15, 0.2) is 12.3 Å². The van der Waals surface area contributed by atoms with Crippen molar-refractivity contribution >= 4 is 34.8 Å². The number of aromatic nitrogens is 1. The van der Waals surface area contributed by atoms with Gasteiger partial charge < -0.3 is 10.1 Å². The molecule has 1 amide bonds. The van der Waals surface area contributed by atoms with Gasteiger partial charge in [0.25, 0.3) is 5.91 Å². The molecular weight excluding hydrogens is 384 g/mol. The van der Waals surface area contributed by atoms with E-state index in [2.05, 4.69) is 31.1 Å². The third-order valence-electron chi connectivity index (χ3n) is 3.57. The van der Waals surface area contributed by atoms with Crippen molar-refractivity contribution in [3.8, 4) is 10.6 Å². The van der Waals surface area contributed by atoms with Gasteiger partial charge in [0.1, 0.15) is 5.01 Å². The topological polar surface area (TPSA) is 68.3 Å². The van der Waals surface area contributed by atoms with Gasteiger partial charge in [-0.1, -0.05) is 44.5 Å². The Hall–Kier alpha value is -1.92. The van der Waals surface area contributed by atoms with Crippen molar-refractivity contribution in [3.63, 3.8) is 0 Å². The quantitative estimate of drug-likeness (QED) is 0.686. The molecule has 1 N–H and O–H groups in total. The number of nitrogens with zero attached hydrogens (tertiary/aromatic N) is 1. The first-order valence-corrected chi connectivity index (χ1v) is 9.91. The number of amides is 1. The summed E-state index contributed by atoms with van der Waals surface area (Å²) in [5, 5.41) is 5.78. The standard InChI is InChI=1S/C20H25ClN2O3S/c1-19(2,3)12-20(4,5)23-16(24)10-26-18(25)15-11-27-17(22-15)13-7-6-8-14(21)9-13/h6-9,11H,10,12H2,1-5H3,(H,23,24). The molecule has 0 aliphatic rings. The highest BCUT2D eigenvalue weighted by Crippen LogP contribution is 2.27. The molecule has 146 valence electrons. The van der Waals surface area contributed by atoms with Gasteiger partial charge in [-0.3, -0.25) is 4.79 Å². The number of benzene rings is 1. The molecule has 2 aromatic rings. The molecule has 0 fully saturated rings. The first-order valence-electron chi connectivity index (χ1n) is 8.65. The Balaban J connectivity index is 1.92. The molecule has 1 aromatic heterocycles. The number of rotatable bonds is 6. The molecule has 0 radical (unpaired) electrons. The molecule has 0 saturated carbocycles. The maximum Gasteiger partial charge on any atom is 0.358 e. The fraction of sp³-hybridized carbons (Fsp3) is 0.450. The number of carbonyl (C=O) groups excluding carboxylic acids is 2. The summed E-state index contributed by atoms with van der Waals surface area (Å²) in [5.41, 5.74) is 0.692. The molecule has 0 unspecified atom stereocenters. The molecule has 0 atom stereocenters. The number of hydrogen-bond donors (Lipinski definition) is 1. The molecule has 0 bridgehead atoms. The third-order valence-corrected chi connectivity index (χ3v) is 4.70. The Bertz CT molecular complexity index is 825. The maximum atomic E-state index is 12.2. The van der Waals surface area contributed by atoms with Crippen molar-refractivity contribution in [1.82, 2.24) is 10.3 Å². The second kappa shape index (κ2) is 8.40. The Morgan fingerprint density at radius 3 is 2.56 bits per heavy atom. The lowest BCUT2D eigenvalue weighted by atomic mass is 9.82. The zero-order valence-electron chi connectivity index (χ0n) is 16.3. The Labute approximate surface area is 169 Å². The molecule has 0 aliphatic heterocycles. The summed E-state index contributed by atoms with van der Waals surface area (Å²) in [6.45, 7) is 9.91. The van der Waals surface area contributed by atoms with Crippen molar-refractivity contribution in [2.24, 2.45) is 5.41 Å². The molecule has 27 heavy (non-hydrogen) atoms. The summed E-state index contributed by atoms with van der Waals surface area (Å²) < 4.78 is 5.11. The number of thiazole rings is 1. The van der Waals surface area contributed by atoms with Gasteiger partial charge in [0, 0.05) is 21.5 Å². The fourth-order valence-corrected chi connectivity index (χ4v) is 4.09. The van der Waals surface area contributed by atoms with Crippen molar-refractivity contribution in [2.75, 3.05) is 6.61 Å². The van der Waals surface area contributed by atoms with E-state index in [0.29, 0.717) is 10.0 Å². The predicted octanol–water partition coefficient (Wildman–Crippen LogP) is 4.95. The van der Waals surface area contributed by atoms with Gasteiger partial charge in [0.2, 0.25) is 0 Å². The molecule has 0 saturated heterocycles. The number of ether oxygens (including phenoxy) is 1. The van der Waals surface area contributed by atoms with Crippen LogP contribution in [0.3, 0.4) is 0 Å². The monoisotopic (exact) mass is 408 g/mol. The van der Waals surface area contributed by atoms with Gasteiger partial charge in [0.05, 0.1) is 0 Å². The minimum atomic E-state index is -0.622. The highest BCUT2D eigenvalue weighted by Gasteiger charge is 2.27. The summed E-state index contributed by atoms with van der Waals surface area (Å²) in [6.07, 6.45) is 0.800. The zero-order chi connectivity index (χ0) is 20.2. The molecule has 1 heterocycles. The van der Waals surface area contributed by atoms with Crippen LogP contribution in [0.15, 0.2) is 29.6 Å². The van der Waals surface area contributed by atoms with E-state index in [-0.39, 0.29) is 29.2 Å². The summed E-state index contributed by atoms with van der Waals surface area (Å²) in [5.74, 6) is -0.953. The Morgan fingerprint density at radius 1 is 1.22 bits per heavy atom. The van der Waals surface area contributed by atoms with Crippen molar-refractivity contribution < 1.29 is 14.3 Å². The highest BCUT2D eigenvalue weighted by atomic mass is 35.5. The number of halogens is 1. The van der Waals surface area contributed by atoms with E-state index in [1.165, 1.54) is 11.3 Å². The lowest BCUT2D eigenvalue weighted by Crippen LogP contribution is -2.47. The number of nitrogens with one attached hydrogen (secondary N) is 1. The average Bonchev–Trinajstić information content (AvgIpc) is 2.99. The van der Waals surface area contributed by atoms with Crippen molar-refractivity contribution in [2.45, 2.75) is 46.6 Å². The minimum Gasteiger partial charge on any atom is -0.451 e. The minimum absolute atomic E-state index is 0.0742. The van der Waals surface area contributed by atoms with Crippen LogP contribution in [0.25, 0.3) is 10.6 Å². The summed E-state index contributed by atoms with van der Waals surface area (Å²) in [7, 11) is 0. The number of esters is 1. The van der Waals surface area contributed by atoms with Gasteiger partial charge in [-0.25, -0.2) is 9.78 Å². The number of hydrogen-bond acceptors (Lipinski definition) is 5. The zero-order valence-corrected chi connectivity index (χ0v) is 17.8. The van der Waals surface area contributed by atoms with Crippen LogP contribution in [0, 0.1) is 5.41 Å². The summed E-state index contributed by atoms with van der Waals surface area (Å²) in [4.78, 5) is 28.6. The predicted molar refractivity (Wildman–Crippen MR) is 109 cm³/mol. The molecule has 5 nitrogen and oxygen atoms in total. The second-order valence-electron chi connectivity index (χ2n) is 8.29. The van der Waals surface area contributed by atoms with Crippen LogP contribution in [-0.4, -0.2) is 29.0 Å². The lowest BCUT2D eigenvalue weighted by molar-refractivity contribution is -0.126. The van der Waals surface area contributed by atoms with Crippen LogP contribution in [-0.2, 0) is 9.53 Å². The molecule has 1 aromatic carbocycles. The normalized spacial score (nSPS) is 11.9. The van der Waals surface area contributed by atoms with Crippen LogP contribution in [0.5, 0.6) is 0 Å².